The predicted molar refractivity (Wildman–Crippen MR) is 221 cm³/mol. The van der Waals surface area contributed by atoms with Gasteiger partial charge in [0.25, 0.3) is 0 Å². The number of esters is 1. The van der Waals surface area contributed by atoms with Gasteiger partial charge in [0.2, 0.25) is 0 Å². The van der Waals surface area contributed by atoms with E-state index in [9.17, 15) is 25.2 Å². The number of rotatable bonds is 11. The third kappa shape index (κ3) is 9.88. The lowest BCUT2D eigenvalue weighted by atomic mass is 9.76. The number of likely N-dealkylation sites (N-methyl/N-ethyl adjacent to an activating group) is 1. The van der Waals surface area contributed by atoms with Crippen LogP contribution in [0.3, 0.4) is 0 Å². The van der Waals surface area contributed by atoms with Gasteiger partial charge in [-0.3, -0.25) is 9.69 Å². The van der Waals surface area contributed by atoms with Crippen LogP contribution >= 0.6 is 22.6 Å². The van der Waals surface area contributed by atoms with Gasteiger partial charge in [0.15, 0.2) is 12.6 Å². The van der Waals surface area contributed by atoms with E-state index in [1.54, 1.807) is 27.7 Å². The van der Waals surface area contributed by atoms with Crippen LogP contribution in [-0.2, 0) is 44.5 Å². The Hall–Kier alpha value is -1.02. The number of aliphatic hydroxyl groups is 4. The summed E-state index contributed by atoms with van der Waals surface area (Å²) in [5.41, 5.74) is -2.66. The first-order valence-corrected chi connectivity index (χ1v) is 21.9. The molecule has 19 atom stereocenters. The van der Waals surface area contributed by atoms with Crippen LogP contribution in [0.1, 0.15) is 100 Å². The highest BCUT2D eigenvalue weighted by molar-refractivity contribution is 14.1. The Bertz CT molecular complexity index is 1490. The number of nitrogens with zero attached hydrogens (tertiary/aromatic N) is 1. The van der Waals surface area contributed by atoms with E-state index in [4.69, 9.17) is 33.2 Å². The number of fused-ring (bicyclic) bond motifs is 2. The molecule has 57 heavy (non-hydrogen) atoms. The molecule has 0 saturated carbocycles. The third-order valence-corrected chi connectivity index (χ3v) is 14.3. The van der Waals surface area contributed by atoms with E-state index in [2.05, 4.69) is 58.7 Å². The van der Waals surface area contributed by atoms with Crippen molar-refractivity contribution in [2.45, 2.75) is 192 Å². The van der Waals surface area contributed by atoms with Crippen LogP contribution < -0.4 is 0 Å². The number of carbonyl (C=O) groups excluding carboxylic acids is 1. The minimum absolute atomic E-state index is 0.0781. The normalized spacial score (nSPS) is 44.9. The number of cyclic esters (lactones) is 1. The minimum atomic E-state index is -1.80. The standard InChI is InChI=1S/C43H70INO12/c1-13-31(46)43(10,50)38-24(4)34-22(2)19-42(9,57-34)37(56-40-33(47)30(18-23(3)52-40)45(11)21-28-14-16-29(44)17-15-28)25(5)35(26(6)39(49)55-38)54-32-20-41(8,51-12)36(48)27(7)53-32/h14-17,22-27,30-38,40,46-48,50H,13,18-21H2,1-12H3/t22?,23?,24-,25-,26+,27?,30?,31+,32-,33?,34?,35-,36-,37+,38+,40-,41?,42?,43+/m0/s1. The van der Waals surface area contributed by atoms with Gasteiger partial charge >= 0.3 is 5.97 Å². The summed E-state index contributed by atoms with van der Waals surface area (Å²) in [5, 5.41) is 46.0. The van der Waals surface area contributed by atoms with Gasteiger partial charge in [-0.1, -0.05) is 39.8 Å². The lowest BCUT2D eigenvalue weighted by Gasteiger charge is -2.48. The van der Waals surface area contributed by atoms with E-state index in [0.717, 1.165) is 9.13 Å². The van der Waals surface area contributed by atoms with Gasteiger partial charge in [0.05, 0.1) is 53.7 Å². The lowest BCUT2D eigenvalue weighted by molar-refractivity contribution is -0.318. The van der Waals surface area contributed by atoms with E-state index in [0.29, 0.717) is 19.4 Å². The Labute approximate surface area is 353 Å². The van der Waals surface area contributed by atoms with Crippen LogP contribution in [0.15, 0.2) is 24.3 Å². The van der Waals surface area contributed by atoms with Gasteiger partial charge in [-0.05, 0) is 114 Å². The molecule has 0 radical (unpaired) electrons. The summed E-state index contributed by atoms with van der Waals surface area (Å²) in [6.45, 7) is 19.0. The first-order chi connectivity index (χ1) is 26.6. The average molecular weight is 920 g/mol. The van der Waals surface area contributed by atoms with E-state index < -0.39 is 102 Å². The Morgan fingerprint density at radius 2 is 1.67 bits per heavy atom. The van der Waals surface area contributed by atoms with Crippen molar-refractivity contribution >= 4 is 28.6 Å². The average Bonchev–Trinajstić information content (AvgIpc) is 3.48. The fraction of sp³-hybridized carbons (Fsp3) is 0.837. The van der Waals surface area contributed by atoms with E-state index >= 15 is 0 Å². The van der Waals surface area contributed by atoms with Gasteiger partial charge < -0.3 is 53.6 Å². The van der Waals surface area contributed by atoms with Crippen LogP contribution in [-0.4, -0.2) is 136 Å². The molecule has 1 aromatic rings. The van der Waals surface area contributed by atoms with Crippen molar-refractivity contribution in [3.63, 3.8) is 0 Å². The molecular weight excluding hydrogens is 849 g/mol. The molecular formula is C43H70INO12. The summed E-state index contributed by atoms with van der Waals surface area (Å²) in [5.74, 6) is -2.76. The SMILES string of the molecule is CC[C@@H](O)[C@@](C)(O)[C@@H]1OC(=O)[C@H](C)[C@@H](O[C@H]2CC(C)(OC)[C@@H](O)C(C)O2)[C@H](C)[C@@H](O[C@@H]2OC(C)CC(N(C)Cc3ccc(I)cc3)C2O)C2(C)CC(C)C(O2)[C@@H]1C. The second-order valence-corrected chi connectivity index (χ2v) is 19.6. The predicted octanol–water partition coefficient (Wildman–Crippen LogP) is 4.80. The smallest absolute Gasteiger partial charge is 0.311 e. The van der Waals surface area contributed by atoms with Crippen LogP contribution in [0, 0.1) is 27.2 Å². The number of halogens is 1. The monoisotopic (exact) mass is 919 g/mol. The molecule has 4 aliphatic heterocycles. The highest BCUT2D eigenvalue weighted by Crippen LogP contribution is 2.48. The second-order valence-electron chi connectivity index (χ2n) is 18.3. The first-order valence-electron chi connectivity index (χ1n) is 20.8. The number of methoxy groups -OCH3 is 1. The zero-order chi connectivity index (χ0) is 42.4. The molecule has 1 aromatic carbocycles. The summed E-state index contributed by atoms with van der Waals surface area (Å²) in [7, 11) is 3.53. The third-order valence-electron chi connectivity index (χ3n) is 13.6. The maximum absolute atomic E-state index is 14.4. The molecule has 8 unspecified atom stereocenters. The molecule has 5 rings (SSSR count). The van der Waals surface area contributed by atoms with Crippen molar-refractivity contribution in [1.82, 2.24) is 4.90 Å². The zero-order valence-corrected chi connectivity index (χ0v) is 38.1. The van der Waals surface area contributed by atoms with Crippen molar-refractivity contribution in [1.29, 1.82) is 0 Å². The Morgan fingerprint density at radius 1 is 1.02 bits per heavy atom. The molecule has 4 heterocycles. The van der Waals surface area contributed by atoms with Crippen LogP contribution in [0.2, 0.25) is 0 Å². The van der Waals surface area contributed by atoms with Crippen molar-refractivity contribution in [3.8, 4) is 0 Å². The topological polar surface area (TPSA) is 166 Å². The Morgan fingerprint density at radius 3 is 2.28 bits per heavy atom. The molecule has 13 nitrogen and oxygen atoms in total. The number of hydrogen-bond acceptors (Lipinski definition) is 13. The molecule has 2 bridgehead atoms. The second kappa shape index (κ2) is 18.5. The lowest BCUT2D eigenvalue weighted by Crippen LogP contribution is -2.60. The van der Waals surface area contributed by atoms with Gasteiger partial charge in [-0.25, -0.2) is 0 Å². The first kappa shape index (κ1) is 47.0. The highest BCUT2D eigenvalue weighted by atomic mass is 127. The molecule has 326 valence electrons. The Kier molecular flexibility index (Phi) is 15.3. The van der Waals surface area contributed by atoms with Crippen LogP contribution in [0.5, 0.6) is 0 Å². The van der Waals surface area contributed by atoms with Gasteiger partial charge in [-0.2, -0.15) is 0 Å². The summed E-state index contributed by atoms with van der Waals surface area (Å²) < 4.78 is 46.9. The van der Waals surface area contributed by atoms with Crippen LogP contribution in [0.4, 0.5) is 0 Å². The number of hydrogen-bond donors (Lipinski definition) is 4. The van der Waals surface area contributed by atoms with E-state index in [1.165, 1.54) is 14.0 Å². The molecule has 14 heteroatoms. The number of carbonyl (C=O) groups is 1. The minimum Gasteiger partial charge on any atom is -0.459 e. The maximum Gasteiger partial charge on any atom is 0.311 e. The maximum atomic E-state index is 14.4. The summed E-state index contributed by atoms with van der Waals surface area (Å²) in [6.07, 6.45) is -7.73. The Balaban J connectivity index is 1.55. The molecule has 4 aliphatic rings. The van der Waals surface area contributed by atoms with E-state index in [1.807, 2.05) is 34.7 Å². The highest BCUT2D eigenvalue weighted by Gasteiger charge is 2.59. The molecule has 4 saturated heterocycles. The molecule has 4 fully saturated rings. The quantitative estimate of drug-likeness (QED) is 0.177. The van der Waals surface area contributed by atoms with Gasteiger partial charge in [0, 0.05) is 41.5 Å². The van der Waals surface area contributed by atoms with Crippen molar-refractivity contribution in [2.24, 2.45) is 23.7 Å². The summed E-state index contributed by atoms with van der Waals surface area (Å²) >= 11 is 2.29. The van der Waals surface area contributed by atoms with E-state index in [-0.39, 0.29) is 30.9 Å². The van der Waals surface area contributed by atoms with Crippen molar-refractivity contribution in [2.75, 3.05) is 14.2 Å². The molecule has 4 N–H and O–H groups in total. The largest absolute Gasteiger partial charge is 0.459 e. The van der Waals surface area contributed by atoms with Crippen molar-refractivity contribution in [3.05, 3.63) is 33.4 Å². The fourth-order valence-electron chi connectivity index (χ4n) is 10.1. The zero-order valence-electron chi connectivity index (χ0n) is 36.0. The van der Waals surface area contributed by atoms with Gasteiger partial charge in [-0.15, -0.1) is 0 Å². The fourth-order valence-corrected chi connectivity index (χ4v) is 10.5. The van der Waals surface area contributed by atoms with Crippen LogP contribution in [0.25, 0.3) is 0 Å². The molecule has 0 spiro atoms. The number of aliphatic hydroxyl groups excluding tert-OH is 3. The van der Waals surface area contributed by atoms with Crippen molar-refractivity contribution < 1.29 is 58.4 Å². The summed E-state index contributed by atoms with van der Waals surface area (Å²) in [6, 6.07) is 8.04. The number of benzene rings is 1. The van der Waals surface area contributed by atoms with Gasteiger partial charge in [0.1, 0.15) is 23.9 Å². The molecule has 0 aromatic heterocycles. The number of ether oxygens (including phenoxy) is 7. The molecule has 0 amide bonds. The summed E-state index contributed by atoms with van der Waals surface area (Å²) in [4.78, 5) is 16.6. The molecule has 0 aliphatic carbocycles.